The summed E-state index contributed by atoms with van der Waals surface area (Å²) in [5, 5.41) is 4.51. The van der Waals surface area contributed by atoms with Gasteiger partial charge in [-0.15, -0.1) is 0 Å². The number of halogens is 1. The Morgan fingerprint density at radius 2 is 2.15 bits per heavy atom. The van der Waals surface area contributed by atoms with Gasteiger partial charge in [0.2, 0.25) is 0 Å². The molecule has 0 aliphatic rings. The van der Waals surface area contributed by atoms with Crippen LogP contribution in [-0.2, 0) is 13.1 Å². The van der Waals surface area contributed by atoms with Gasteiger partial charge in [0.25, 0.3) is 0 Å². The van der Waals surface area contributed by atoms with Gasteiger partial charge in [-0.05, 0) is 51.6 Å². The quantitative estimate of drug-likeness (QED) is 0.793. The third-order valence-corrected chi connectivity index (χ3v) is 3.79. The summed E-state index contributed by atoms with van der Waals surface area (Å²) in [6.07, 6.45) is 5.87. The Labute approximate surface area is 126 Å². The third kappa shape index (κ3) is 2.62. The Bertz CT molecular complexity index is 733. The van der Waals surface area contributed by atoms with Crippen LogP contribution in [0.4, 0.5) is 0 Å². The zero-order valence-corrected chi connectivity index (χ0v) is 12.9. The van der Waals surface area contributed by atoms with Gasteiger partial charge < -0.3 is 9.88 Å². The average molecular weight is 330 g/mol. The molecule has 0 aliphatic heterocycles. The van der Waals surface area contributed by atoms with Gasteiger partial charge in [-0.2, -0.15) is 0 Å². The molecule has 0 unspecified atom stereocenters. The molecule has 0 bridgehead atoms. The molecule has 1 N–H and O–H groups in total. The predicted molar refractivity (Wildman–Crippen MR) is 85.7 cm³/mol. The summed E-state index contributed by atoms with van der Waals surface area (Å²) in [6, 6.07) is 10.7. The molecule has 0 radical (unpaired) electrons. The molecule has 4 heteroatoms. The summed E-state index contributed by atoms with van der Waals surface area (Å²) in [5.74, 6) is 0. The Hall–Kier alpha value is -1.65. The summed E-state index contributed by atoms with van der Waals surface area (Å²) in [7, 11) is 1.98. The van der Waals surface area contributed by atoms with Crippen LogP contribution in [0.1, 0.15) is 11.1 Å². The van der Waals surface area contributed by atoms with E-state index in [-0.39, 0.29) is 0 Å². The zero-order chi connectivity index (χ0) is 13.9. The van der Waals surface area contributed by atoms with Gasteiger partial charge in [-0.1, -0.05) is 18.2 Å². The molecule has 20 heavy (non-hydrogen) atoms. The highest BCUT2D eigenvalue weighted by Crippen LogP contribution is 2.22. The van der Waals surface area contributed by atoms with Crippen LogP contribution >= 0.6 is 15.9 Å². The van der Waals surface area contributed by atoms with Crippen LogP contribution < -0.4 is 5.32 Å². The highest BCUT2D eigenvalue weighted by molar-refractivity contribution is 9.10. The summed E-state index contributed by atoms with van der Waals surface area (Å²) < 4.78 is 3.30. The van der Waals surface area contributed by atoms with Gasteiger partial charge in [0.1, 0.15) is 0 Å². The SMILES string of the molecule is CNCc1cccc2ccn(Cc3cncc(Br)c3)c12. The normalized spacial score (nSPS) is 11.1. The molecular formula is C16H16BrN3. The van der Waals surface area contributed by atoms with Gasteiger partial charge >= 0.3 is 0 Å². The maximum absolute atomic E-state index is 4.23. The number of nitrogens with zero attached hydrogens (tertiary/aromatic N) is 2. The first-order valence-electron chi connectivity index (χ1n) is 6.58. The Kier molecular flexibility index (Phi) is 3.85. The number of pyridine rings is 1. The van der Waals surface area contributed by atoms with Crippen LogP contribution in [0.3, 0.4) is 0 Å². The van der Waals surface area contributed by atoms with Crippen molar-refractivity contribution in [3.63, 3.8) is 0 Å². The third-order valence-electron chi connectivity index (χ3n) is 3.35. The number of rotatable bonds is 4. The van der Waals surface area contributed by atoms with Gasteiger partial charge in [0.05, 0.1) is 5.52 Å². The summed E-state index contributed by atoms with van der Waals surface area (Å²) in [4.78, 5) is 4.23. The lowest BCUT2D eigenvalue weighted by atomic mass is 10.1. The maximum Gasteiger partial charge on any atom is 0.0529 e. The van der Waals surface area contributed by atoms with E-state index < -0.39 is 0 Å². The van der Waals surface area contributed by atoms with E-state index in [0.717, 1.165) is 17.6 Å². The van der Waals surface area contributed by atoms with Crippen LogP contribution in [-0.4, -0.2) is 16.6 Å². The lowest BCUT2D eigenvalue weighted by Crippen LogP contribution is -2.08. The zero-order valence-electron chi connectivity index (χ0n) is 11.3. The van der Waals surface area contributed by atoms with Crippen molar-refractivity contribution < 1.29 is 0 Å². The topological polar surface area (TPSA) is 29.9 Å². The molecule has 0 atom stereocenters. The lowest BCUT2D eigenvalue weighted by molar-refractivity contribution is 0.794. The number of aromatic nitrogens is 2. The summed E-state index contributed by atoms with van der Waals surface area (Å²) >= 11 is 3.47. The number of fused-ring (bicyclic) bond motifs is 1. The van der Waals surface area contributed by atoms with Gasteiger partial charge in [0, 0.05) is 36.2 Å². The van der Waals surface area contributed by atoms with Crippen LogP contribution in [0.25, 0.3) is 10.9 Å². The maximum atomic E-state index is 4.23. The van der Waals surface area contributed by atoms with E-state index in [0.29, 0.717) is 0 Å². The Morgan fingerprint density at radius 3 is 2.95 bits per heavy atom. The van der Waals surface area contributed by atoms with Crippen molar-refractivity contribution in [1.82, 2.24) is 14.9 Å². The van der Waals surface area contributed by atoms with Crippen LogP contribution in [0.2, 0.25) is 0 Å². The van der Waals surface area contributed by atoms with Crippen molar-refractivity contribution in [3.05, 3.63) is 64.5 Å². The highest BCUT2D eigenvalue weighted by atomic mass is 79.9. The van der Waals surface area contributed by atoms with E-state index in [1.807, 2.05) is 19.4 Å². The van der Waals surface area contributed by atoms with Crippen molar-refractivity contribution in [2.45, 2.75) is 13.1 Å². The van der Waals surface area contributed by atoms with E-state index >= 15 is 0 Å². The number of benzene rings is 1. The number of para-hydroxylation sites is 1. The van der Waals surface area contributed by atoms with E-state index in [2.05, 4.69) is 67.3 Å². The second-order valence-electron chi connectivity index (χ2n) is 4.84. The smallest absolute Gasteiger partial charge is 0.0529 e. The fourth-order valence-electron chi connectivity index (χ4n) is 2.54. The van der Waals surface area contributed by atoms with Crippen LogP contribution in [0.5, 0.6) is 0 Å². The van der Waals surface area contributed by atoms with Crippen LogP contribution in [0.15, 0.2) is 53.4 Å². The highest BCUT2D eigenvalue weighted by Gasteiger charge is 2.07. The molecule has 3 nitrogen and oxygen atoms in total. The van der Waals surface area contributed by atoms with Crippen molar-refractivity contribution in [3.8, 4) is 0 Å². The molecule has 0 spiro atoms. The van der Waals surface area contributed by atoms with E-state index in [1.165, 1.54) is 22.0 Å². The fraction of sp³-hybridized carbons (Fsp3) is 0.188. The second-order valence-corrected chi connectivity index (χ2v) is 5.76. The standard InChI is InChI=1S/C16H16BrN3/c1-18-9-14-4-2-3-13-5-6-20(16(13)14)11-12-7-15(17)10-19-8-12/h2-8,10,18H,9,11H2,1H3. The minimum atomic E-state index is 0.830. The Morgan fingerprint density at radius 1 is 1.25 bits per heavy atom. The van der Waals surface area contributed by atoms with Gasteiger partial charge in [-0.3, -0.25) is 4.98 Å². The monoisotopic (exact) mass is 329 g/mol. The molecule has 0 aliphatic carbocycles. The van der Waals surface area contributed by atoms with Gasteiger partial charge in [0.15, 0.2) is 0 Å². The first-order valence-corrected chi connectivity index (χ1v) is 7.38. The molecule has 0 amide bonds. The van der Waals surface area contributed by atoms with Crippen molar-refractivity contribution in [2.24, 2.45) is 0 Å². The second kappa shape index (κ2) is 5.77. The minimum absolute atomic E-state index is 0.830. The average Bonchev–Trinajstić information content (AvgIpc) is 2.84. The number of hydrogen-bond acceptors (Lipinski definition) is 2. The molecule has 2 aromatic heterocycles. The molecule has 0 saturated heterocycles. The van der Waals surface area contributed by atoms with Crippen molar-refractivity contribution in [1.29, 1.82) is 0 Å². The number of nitrogens with one attached hydrogen (secondary N) is 1. The lowest BCUT2D eigenvalue weighted by Gasteiger charge is -2.10. The van der Waals surface area contributed by atoms with E-state index in [1.54, 1.807) is 0 Å². The predicted octanol–water partition coefficient (Wildman–Crippen LogP) is 3.57. The van der Waals surface area contributed by atoms with E-state index in [9.17, 15) is 0 Å². The molecule has 0 fully saturated rings. The van der Waals surface area contributed by atoms with Crippen molar-refractivity contribution >= 4 is 26.8 Å². The Balaban J connectivity index is 2.03. The first-order chi connectivity index (χ1) is 9.78. The van der Waals surface area contributed by atoms with Crippen LogP contribution in [0, 0.1) is 0 Å². The summed E-state index contributed by atoms with van der Waals surface area (Å²) in [6.45, 7) is 1.70. The molecule has 3 aromatic rings. The summed E-state index contributed by atoms with van der Waals surface area (Å²) in [5.41, 5.74) is 3.80. The fourth-order valence-corrected chi connectivity index (χ4v) is 2.96. The number of hydrogen-bond donors (Lipinski definition) is 1. The molecule has 102 valence electrons. The first kappa shape index (κ1) is 13.3. The van der Waals surface area contributed by atoms with Crippen molar-refractivity contribution in [2.75, 3.05) is 7.05 Å². The minimum Gasteiger partial charge on any atom is -0.343 e. The molecular weight excluding hydrogens is 314 g/mol. The van der Waals surface area contributed by atoms with Gasteiger partial charge in [-0.25, -0.2) is 0 Å². The molecule has 3 rings (SSSR count). The largest absolute Gasteiger partial charge is 0.343 e. The van der Waals surface area contributed by atoms with E-state index in [4.69, 9.17) is 0 Å². The molecule has 0 saturated carbocycles. The molecule has 2 heterocycles. The molecule has 1 aromatic carbocycles.